The van der Waals surface area contributed by atoms with Crippen molar-refractivity contribution in [2.45, 2.75) is 31.8 Å². The molecule has 1 N–H and O–H groups in total. The van der Waals surface area contributed by atoms with E-state index in [-0.39, 0.29) is 17.1 Å². The number of rotatable bonds is 7. The van der Waals surface area contributed by atoms with Crippen LogP contribution in [-0.4, -0.2) is 31.0 Å². The third kappa shape index (κ3) is 5.57. The number of amides is 1. The fourth-order valence-electron chi connectivity index (χ4n) is 4.50. The van der Waals surface area contributed by atoms with Crippen molar-refractivity contribution in [3.63, 3.8) is 0 Å². The number of carbonyl (C=O) groups is 1. The van der Waals surface area contributed by atoms with Gasteiger partial charge in [-0.15, -0.1) is 0 Å². The van der Waals surface area contributed by atoms with Crippen molar-refractivity contribution in [2.75, 3.05) is 20.2 Å². The van der Waals surface area contributed by atoms with Gasteiger partial charge in [-0.3, -0.25) is 9.69 Å². The Morgan fingerprint density at radius 1 is 1.00 bits per heavy atom. The Morgan fingerprint density at radius 3 is 2.45 bits per heavy atom. The fraction of sp³-hybridized carbons (Fsp3) is 0.296. The maximum Gasteiger partial charge on any atom is 0.258 e. The molecule has 1 amide bonds. The van der Waals surface area contributed by atoms with Crippen LogP contribution >= 0.6 is 0 Å². The van der Waals surface area contributed by atoms with Gasteiger partial charge in [0.1, 0.15) is 22.9 Å². The van der Waals surface area contributed by atoms with Crippen molar-refractivity contribution in [1.82, 2.24) is 10.2 Å². The highest BCUT2D eigenvalue weighted by Gasteiger charge is 2.23. The van der Waals surface area contributed by atoms with E-state index < -0.39 is 11.7 Å². The lowest BCUT2D eigenvalue weighted by Crippen LogP contribution is -2.33. The summed E-state index contributed by atoms with van der Waals surface area (Å²) in [5.74, 6) is -0.697. The third-order valence-electron chi connectivity index (χ3n) is 6.26. The molecule has 3 aromatic carbocycles. The molecule has 0 aliphatic carbocycles. The van der Waals surface area contributed by atoms with Crippen molar-refractivity contribution >= 4 is 5.91 Å². The monoisotopic (exact) mass is 450 g/mol. The number of carbonyl (C=O) groups excluding carboxylic acids is 1. The van der Waals surface area contributed by atoms with Gasteiger partial charge < -0.3 is 10.1 Å². The molecule has 1 heterocycles. The second kappa shape index (κ2) is 10.6. The van der Waals surface area contributed by atoms with Crippen LogP contribution in [0, 0.1) is 11.6 Å². The Kier molecular flexibility index (Phi) is 7.35. The molecule has 4 nitrogen and oxygen atoms in total. The SMILES string of the molecule is COc1cccc(F)c1C(=O)NCc1ccccc1C1CCN(Cc2ccc(F)cc2)CC1. The molecule has 4 rings (SSSR count). The van der Waals surface area contributed by atoms with Gasteiger partial charge in [-0.05, 0) is 72.8 Å². The molecule has 6 heteroatoms. The third-order valence-corrected chi connectivity index (χ3v) is 6.26. The first-order valence-electron chi connectivity index (χ1n) is 11.2. The number of hydrogen-bond acceptors (Lipinski definition) is 3. The molecule has 0 spiro atoms. The molecule has 0 atom stereocenters. The minimum Gasteiger partial charge on any atom is -0.496 e. The Labute approximate surface area is 193 Å². The van der Waals surface area contributed by atoms with E-state index in [4.69, 9.17) is 4.74 Å². The van der Waals surface area contributed by atoms with E-state index >= 15 is 0 Å². The summed E-state index contributed by atoms with van der Waals surface area (Å²) in [5.41, 5.74) is 3.30. The lowest BCUT2D eigenvalue weighted by molar-refractivity contribution is 0.0943. The van der Waals surface area contributed by atoms with E-state index in [9.17, 15) is 13.6 Å². The normalized spacial score (nSPS) is 14.8. The average molecular weight is 451 g/mol. The summed E-state index contributed by atoms with van der Waals surface area (Å²) in [5, 5.41) is 2.86. The quantitative estimate of drug-likeness (QED) is 0.532. The smallest absolute Gasteiger partial charge is 0.258 e. The summed E-state index contributed by atoms with van der Waals surface area (Å²) in [4.78, 5) is 15.1. The number of hydrogen-bond donors (Lipinski definition) is 1. The lowest BCUT2D eigenvalue weighted by atomic mass is 9.86. The molecule has 33 heavy (non-hydrogen) atoms. The van der Waals surface area contributed by atoms with Crippen molar-refractivity contribution in [3.05, 3.63) is 101 Å². The van der Waals surface area contributed by atoms with Crippen LogP contribution < -0.4 is 10.1 Å². The highest BCUT2D eigenvalue weighted by Crippen LogP contribution is 2.31. The molecule has 0 bridgehead atoms. The van der Waals surface area contributed by atoms with Crippen LogP contribution in [-0.2, 0) is 13.1 Å². The number of nitrogens with one attached hydrogen (secondary N) is 1. The summed E-state index contributed by atoms with van der Waals surface area (Å²) in [6.45, 7) is 3.04. The fourth-order valence-corrected chi connectivity index (χ4v) is 4.50. The Bertz CT molecular complexity index is 1090. The maximum atomic E-state index is 14.2. The first-order chi connectivity index (χ1) is 16.0. The van der Waals surface area contributed by atoms with Gasteiger partial charge in [-0.2, -0.15) is 0 Å². The molecule has 0 unspecified atom stereocenters. The van der Waals surface area contributed by atoms with Crippen molar-refractivity contribution in [2.24, 2.45) is 0 Å². The molecule has 3 aromatic rings. The molecule has 1 fully saturated rings. The van der Waals surface area contributed by atoms with E-state index in [1.54, 1.807) is 6.07 Å². The predicted octanol–water partition coefficient (Wildman–Crippen LogP) is 5.28. The number of nitrogens with zero attached hydrogens (tertiary/aromatic N) is 1. The highest BCUT2D eigenvalue weighted by atomic mass is 19.1. The molecule has 172 valence electrons. The second-order valence-corrected chi connectivity index (χ2v) is 8.38. The highest BCUT2D eigenvalue weighted by molar-refractivity contribution is 5.97. The molecule has 1 saturated heterocycles. The van der Waals surface area contributed by atoms with Crippen LogP contribution in [0.4, 0.5) is 8.78 Å². The van der Waals surface area contributed by atoms with E-state index in [2.05, 4.69) is 16.3 Å². The topological polar surface area (TPSA) is 41.6 Å². The van der Waals surface area contributed by atoms with Crippen LogP contribution in [0.25, 0.3) is 0 Å². The van der Waals surface area contributed by atoms with E-state index in [0.717, 1.165) is 43.6 Å². The van der Waals surface area contributed by atoms with Crippen LogP contribution in [0.2, 0.25) is 0 Å². The number of methoxy groups -OCH3 is 1. The summed E-state index contributed by atoms with van der Waals surface area (Å²) < 4.78 is 32.5. The van der Waals surface area contributed by atoms with Gasteiger partial charge >= 0.3 is 0 Å². The maximum absolute atomic E-state index is 14.2. The van der Waals surface area contributed by atoms with Crippen molar-refractivity contribution in [1.29, 1.82) is 0 Å². The number of piperidine rings is 1. The standard InChI is InChI=1S/C27H28F2N2O2/c1-33-25-8-4-7-24(29)26(25)27(32)30-17-21-5-2-3-6-23(21)20-13-15-31(16-14-20)18-19-9-11-22(28)12-10-19/h2-12,20H,13-18H2,1H3,(H,30,32). The second-order valence-electron chi connectivity index (χ2n) is 8.38. The summed E-state index contributed by atoms with van der Waals surface area (Å²) in [7, 11) is 1.42. The number of likely N-dealkylation sites (tertiary alicyclic amines) is 1. The Hall–Kier alpha value is -3.25. The first-order valence-corrected chi connectivity index (χ1v) is 11.2. The Balaban J connectivity index is 1.38. The minimum absolute atomic E-state index is 0.0772. The summed E-state index contributed by atoms with van der Waals surface area (Å²) in [6.07, 6.45) is 2.01. The minimum atomic E-state index is -0.603. The molecule has 0 radical (unpaired) electrons. The zero-order chi connectivity index (χ0) is 23.2. The van der Waals surface area contributed by atoms with Crippen molar-refractivity contribution in [3.8, 4) is 5.75 Å². The lowest BCUT2D eigenvalue weighted by Gasteiger charge is -2.33. The van der Waals surface area contributed by atoms with Gasteiger partial charge in [-0.1, -0.05) is 42.5 Å². The van der Waals surface area contributed by atoms with Gasteiger partial charge in [0.05, 0.1) is 7.11 Å². The molecule has 0 aromatic heterocycles. The van der Waals surface area contributed by atoms with Gasteiger partial charge in [0.2, 0.25) is 0 Å². The zero-order valence-corrected chi connectivity index (χ0v) is 18.7. The number of ether oxygens (including phenoxy) is 1. The molecular weight excluding hydrogens is 422 g/mol. The molecule has 1 aliphatic heterocycles. The van der Waals surface area contributed by atoms with E-state index in [1.165, 1.54) is 36.9 Å². The van der Waals surface area contributed by atoms with Gasteiger partial charge in [0.25, 0.3) is 5.91 Å². The molecule has 0 saturated carbocycles. The van der Waals surface area contributed by atoms with Crippen LogP contribution in [0.1, 0.15) is 45.8 Å². The number of benzene rings is 3. The van der Waals surface area contributed by atoms with Crippen LogP contribution in [0.3, 0.4) is 0 Å². The van der Waals surface area contributed by atoms with E-state index in [1.807, 2.05) is 30.3 Å². The van der Waals surface area contributed by atoms with Gasteiger partial charge in [0.15, 0.2) is 0 Å². The average Bonchev–Trinajstić information content (AvgIpc) is 2.84. The predicted molar refractivity (Wildman–Crippen MR) is 124 cm³/mol. The van der Waals surface area contributed by atoms with Gasteiger partial charge in [0, 0.05) is 13.1 Å². The summed E-state index contributed by atoms with van der Waals surface area (Å²) >= 11 is 0. The first kappa shape index (κ1) is 22.9. The number of halogens is 2. The van der Waals surface area contributed by atoms with E-state index in [0.29, 0.717) is 12.5 Å². The van der Waals surface area contributed by atoms with Crippen LogP contribution in [0.5, 0.6) is 5.75 Å². The van der Waals surface area contributed by atoms with Gasteiger partial charge in [-0.25, -0.2) is 8.78 Å². The largest absolute Gasteiger partial charge is 0.496 e. The van der Waals surface area contributed by atoms with Crippen LogP contribution in [0.15, 0.2) is 66.7 Å². The Morgan fingerprint density at radius 2 is 1.73 bits per heavy atom. The summed E-state index contributed by atoms with van der Waals surface area (Å²) in [6, 6.07) is 19.1. The molecule has 1 aliphatic rings. The molecular formula is C27H28F2N2O2. The zero-order valence-electron chi connectivity index (χ0n) is 18.7. The van der Waals surface area contributed by atoms with Crippen molar-refractivity contribution < 1.29 is 18.3 Å².